The van der Waals surface area contributed by atoms with Crippen molar-refractivity contribution in [1.82, 2.24) is 4.90 Å². The molecule has 0 saturated heterocycles. The number of likely N-dealkylation sites (N-methyl/N-ethyl adjacent to an activating group) is 1. The van der Waals surface area contributed by atoms with Crippen LogP contribution in [0.4, 0.5) is 0 Å². The molecule has 8 heteroatoms. The van der Waals surface area contributed by atoms with Crippen LogP contribution in [0.5, 0.6) is 0 Å². The lowest BCUT2D eigenvalue weighted by atomic mass is 10.0. The summed E-state index contributed by atoms with van der Waals surface area (Å²) in [6, 6.07) is 0. The molecule has 1 rings (SSSR count). The predicted octanol–water partition coefficient (Wildman–Crippen LogP) is 4.66. The van der Waals surface area contributed by atoms with Gasteiger partial charge < -0.3 is 10.3 Å². The highest BCUT2D eigenvalue weighted by Crippen LogP contribution is 2.14. The van der Waals surface area contributed by atoms with Crippen LogP contribution in [0.2, 0.25) is 0 Å². The lowest BCUT2D eigenvalue weighted by Gasteiger charge is -2.11. The van der Waals surface area contributed by atoms with Crippen molar-refractivity contribution in [3.8, 4) is 0 Å². The monoisotopic (exact) mass is 477 g/mol. The fourth-order valence-corrected chi connectivity index (χ4v) is 4.49. The molecule has 0 aromatic rings. The van der Waals surface area contributed by atoms with Gasteiger partial charge in [-0.15, -0.1) is 0 Å². The van der Waals surface area contributed by atoms with Crippen LogP contribution in [0.3, 0.4) is 0 Å². The minimum Gasteiger partial charge on any atom is -0.726 e. The Morgan fingerprint density at radius 2 is 1.41 bits per heavy atom. The maximum Gasteiger partial charge on any atom is 0.247 e. The summed E-state index contributed by atoms with van der Waals surface area (Å²) < 4.78 is 34.5. The summed E-state index contributed by atoms with van der Waals surface area (Å²) in [4.78, 5) is 2.55. The van der Waals surface area contributed by atoms with Crippen LogP contribution in [-0.4, -0.2) is 67.6 Å². The summed E-state index contributed by atoms with van der Waals surface area (Å²) in [5, 5.41) is 0. The van der Waals surface area contributed by atoms with Crippen LogP contribution < -0.4 is 5.73 Å². The number of rotatable bonds is 19. The molecule has 0 amide bonds. The number of unbranched alkanes of at least 4 members (excludes halogenated alkanes) is 12. The highest BCUT2D eigenvalue weighted by molar-refractivity contribution is 7.80. The molecule has 1 aliphatic heterocycles. The third kappa shape index (κ3) is 17.8. The fraction of sp³-hybridized carbons (Fsp3) is 0.958. The molecule has 0 aromatic carbocycles. The second-order valence-corrected chi connectivity index (χ2v) is 9.63. The average Bonchev–Trinajstić information content (AvgIpc) is 3.13. The molecule has 0 aromatic heterocycles. The fourth-order valence-electron chi connectivity index (χ4n) is 4.20. The van der Waals surface area contributed by atoms with E-state index in [0.717, 1.165) is 19.6 Å². The lowest BCUT2D eigenvalue weighted by Crippen LogP contribution is -2.30. The van der Waals surface area contributed by atoms with Crippen LogP contribution in [0, 0.1) is 0 Å². The van der Waals surface area contributed by atoms with Crippen LogP contribution in [-0.2, 0) is 14.6 Å². The zero-order chi connectivity index (χ0) is 24.1. The van der Waals surface area contributed by atoms with E-state index in [2.05, 4.69) is 27.5 Å². The summed E-state index contributed by atoms with van der Waals surface area (Å²) in [7, 11) is -4.42. The number of hydrogen-bond acceptors (Lipinski definition) is 6. The molecule has 0 radical (unpaired) electrons. The van der Waals surface area contributed by atoms with Crippen molar-refractivity contribution < 1.29 is 21.7 Å². The zero-order valence-electron chi connectivity index (χ0n) is 21.2. The SMILES string of the molecule is CCCCCCCCCCCCCCCC1=[N+](CCN)CCN1CC.CCOS(=O)(=O)[O-]. The van der Waals surface area contributed by atoms with Gasteiger partial charge in [-0.25, -0.2) is 8.42 Å². The van der Waals surface area contributed by atoms with Gasteiger partial charge in [-0.2, -0.15) is 0 Å². The molecule has 7 nitrogen and oxygen atoms in total. The topological polar surface area (TPSA) is 98.7 Å². The van der Waals surface area contributed by atoms with Crippen LogP contribution in [0.25, 0.3) is 0 Å². The third-order valence-corrected chi connectivity index (χ3v) is 6.44. The molecule has 1 aliphatic rings. The first-order valence-electron chi connectivity index (χ1n) is 13.1. The Morgan fingerprint density at radius 3 is 1.78 bits per heavy atom. The summed E-state index contributed by atoms with van der Waals surface area (Å²) in [5.41, 5.74) is 5.76. The molecule has 0 fully saturated rings. The van der Waals surface area contributed by atoms with E-state index in [9.17, 15) is 13.0 Å². The van der Waals surface area contributed by atoms with Crippen molar-refractivity contribution in [2.45, 2.75) is 111 Å². The summed E-state index contributed by atoms with van der Waals surface area (Å²) in [5.74, 6) is 1.57. The summed E-state index contributed by atoms with van der Waals surface area (Å²) in [6.45, 7) is 11.2. The molecular weight excluding hydrogens is 426 g/mol. The Labute approximate surface area is 198 Å². The second-order valence-electron chi connectivity index (χ2n) is 8.58. The van der Waals surface area contributed by atoms with E-state index in [4.69, 9.17) is 5.73 Å². The van der Waals surface area contributed by atoms with E-state index in [1.54, 1.807) is 5.84 Å². The zero-order valence-corrected chi connectivity index (χ0v) is 22.0. The van der Waals surface area contributed by atoms with Gasteiger partial charge in [-0.05, 0) is 20.3 Å². The molecule has 192 valence electrons. The van der Waals surface area contributed by atoms with Crippen molar-refractivity contribution in [3.05, 3.63) is 0 Å². The molecule has 32 heavy (non-hydrogen) atoms. The first-order chi connectivity index (χ1) is 15.4. The van der Waals surface area contributed by atoms with Gasteiger partial charge in [0.25, 0.3) is 0 Å². The number of amidine groups is 1. The van der Waals surface area contributed by atoms with Crippen molar-refractivity contribution in [3.63, 3.8) is 0 Å². The Hall–Kier alpha value is -0.700. The first kappa shape index (κ1) is 31.3. The van der Waals surface area contributed by atoms with Gasteiger partial charge in [0.2, 0.25) is 16.2 Å². The standard InChI is InChI=1S/C22H46N3.C2H6O4S/c1-3-5-6-7-8-9-10-11-12-13-14-15-16-17-22-24(4-2)20-21-25(22)19-18-23;1-2-6-7(3,4)5/h3-21,23H2,1-2H3;2H2,1H3,(H,3,4,5)/q+1;/p-1. The van der Waals surface area contributed by atoms with E-state index in [1.165, 1.54) is 110 Å². The summed E-state index contributed by atoms with van der Waals surface area (Å²) >= 11 is 0. The molecule has 0 bridgehead atoms. The minimum atomic E-state index is -4.42. The highest BCUT2D eigenvalue weighted by atomic mass is 32.3. The van der Waals surface area contributed by atoms with Gasteiger partial charge in [0.15, 0.2) is 0 Å². The van der Waals surface area contributed by atoms with Gasteiger partial charge in [-0.3, -0.25) is 13.7 Å². The van der Waals surface area contributed by atoms with Gasteiger partial charge in [0.1, 0.15) is 13.1 Å². The Balaban J connectivity index is 0.00000118. The Kier molecular flexibility index (Phi) is 20.4. The first-order valence-corrected chi connectivity index (χ1v) is 14.4. The molecular formula is C24H51N3O4S. The normalized spacial score (nSPS) is 14.1. The molecule has 1 heterocycles. The smallest absolute Gasteiger partial charge is 0.247 e. The molecule has 0 saturated carbocycles. The molecule has 0 unspecified atom stereocenters. The largest absolute Gasteiger partial charge is 0.726 e. The quantitative estimate of drug-likeness (QED) is 0.126. The number of nitrogens with two attached hydrogens (primary N) is 1. The van der Waals surface area contributed by atoms with E-state index in [1.807, 2.05) is 0 Å². The van der Waals surface area contributed by atoms with Crippen LogP contribution in [0.15, 0.2) is 0 Å². The van der Waals surface area contributed by atoms with Crippen molar-refractivity contribution in [2.75, 3.05) is 39.3 Å². The van der Waals surface area contributed by atoms with E-state index < -0.39 is 10.4 Å². The molecule has 0 atom stereocenters. The van der Waals surface area contributed by atoms with E-state index in [-0.39, 0.29) is 6.61 Å². The average molecular weight is 478 g/mol. The van der Waals surface area contributed by atoms with Gasteiger partial charge in [0.05, 0.1) is 19.7 Å². The maximum absolute atomic E-state index is 9.45. The van der Waals surface area contributed by atoms with Gasteiger partial charge in [0, 0.05) is 13.0 Å². The minimum absolute atomic E-state index is 0.0914. The number of hydrogen-bond donors (Lipinski definition) is 1. The van der Waals surface area contributed by atoms with E-state index in [0.29, 0.717) is 0 Å². The maximum atomic E-state index is 9.45. The summed E-state index contributed by atoms with van der Waals surface area (Å²) in [6.07, 6.45) is 19.9. The second kappa shape index (κ2) is 20.9. The molecule has 0 aliphatic carbocycles. The molecule has 2 N–H and O–H groups in total. The molecule has 0 spiro atoms. The van der Waals surface area contributed by atoms with Gasteiger partial charge in [-0.1, -0.05) is 84.0 Å². The third-order valence-electron chi connectivity index (χ3n) is 5.92. The Bertz CT molecular complexity index is 568. The van der Waals surface area contributed by atoms with E-state index >= 15 is 0 Å². The van der Waals surface area contributed by atoms with Crippen molar-refractivity contribution in [1.29, 1.82) is 0 Å². The van der Waals surface area contributed by atoms with Gasteiger partial charge >= 0.3 is 0 Å². The Morgan fingerprint density at radius 1 is 0.906 bits per heavy atom. The predicted molar refractivity (Wildman–Crippen MR) is 133 cm³/mol. The van der Waals surface area contributed by atoms with Crippen molar-refractivity contribution in [2.24, 2.45) is 5.73 Å². The highest BCUT2D eigenvalue weighted by Gasteiger charge is 2.27. The number of nitrogens with zero attached hydrogens (tertiary/aromatic N) is 2. The lowest BCUT2D eigenvalue weighted by molar-refractivity contribution is -0.516. The van der Waals surface area contributed by atoms with Crippen molar-refractivity contribution >= 4 is 16.2 Å². The van der Waals surface area contributed by atoms with Crippen LogP contribution >= 0.6 is 0 Å². The van der Waals surface area contributed by atoms with Crippen LogP contribution in [0.1, 0.15) is 111 Å².